The third-order valence-corrected chi connectivity index (χ3v) is 3.56. The van der Waals surface area contributed by atoms with Crippen LogP contribution in [0.15, 0.2) is 24.3 Å². The molecule has 1 amide bonds. The first-order valence-corrected chi connectivity index (χ1v) is 9.46. The lowest BCUT2D eigenvalue weighted by Gasteiger charge is -2.09. The summed E-state index contributed by atoms with van der Waals surface area (Å²) < 4.78 is 22.0. The Morgan fingerprint density at radius 1 is 0.808 bits per heavy atom. The molecule has 6 nitrogen and oxygen atoms in total. The van der Waals surface area contributed by atoms with E-state index < -0.39 is 0 Å². The molecule has 0 saturated carbocycles. The van der Waals surface area contributed by atoms with Crippen LogP contribution in [0.3, 0.4) is 0 Å². The number of rotatable bonds is 16. The molecule has 148 valence electrons. The van der Waals surface area contributed by atoms with E-state index in [1.807, 2.05) is 12.1 Å². The summed E-state index contributed by atoms with van der Waals surface area (Å²) in [4.78, 5) is 10.9. The van der Waals surface area contributed by atoms with Gasteiger partial charge >= 0.3 is 0 Å². The zero-order valence-corrected chi connectivity index (χ0v) is 16.1. The zero-order chi connectivity index (χ0) is 18.9. The zero-order valence-electron chi connectivity index (χ0n) is 16.1. The van der Waals surface area contributed by atoms with Crippen LogP contribution < -0.4 is 10.1 Å². The minimum absolute atomic E-state index is 0.0900. The summed E-state index contributed by atoms with van der Waals surface area (Å²) in [7, 11) is 0. The van der Waals surface area contributed by atoms with Gasteiger partial charge in [0.2, 0.25) is 5.91 Å². The first-order valence-electron chi connectivity index (χ1n) is 9.46. The standard InChI is InChI=1S/C20H33NO5/c1-3-4-5-6-11-23-12-13-24-14-15-25-16-17-26-20-9-7-19(8-10-20)21-18(2)22/h7-10H,3-6,11-17H2,1-2H3,(H,21,22). The Hall–Kier alpha value is -1.63. The van der Waals surface area contributed by atoms with E-state index in [1.54, 1.807) is 12.1 Å². The number of carbonyl (C=O) groups is 1. The predicted molar refractivity (Wildman–Crippen MR) is 103 cm³/mol. The van der Waals surface area contributed by atoms with E-state index in [4.69, 9.17) is 18.9 Å². The molecule has 1 N–H and O–H groups in total. The van der Waals surface area contributed by atoms with Crippen LogP contribution in [0.25, 0.3) is 0 Å². The Bertz CT molecular complexity index is 464. The summed E-state index contributed by atoms with van der Waals surface area (Å²) in [6, 6.07) is 7.24. The van der Waals surface area contributed by atoms with Gasteiger partial charge in [0.1, 0.15) is 12.4 Å². The van der Waals surface area contributed by atoms with Crippen molar-refractivity contribution in [3.63, 3.8) is 0 Å². The van der Waals surface area contributed by atoms with Gasteiger partial charge in [-0.15, -0.1) is 0 Å². The maximum Gasteiger partial charge on any atom is 0.221 e. The summed E-state index contributed by atoms with van der Waals surface area (Å²) in [5, 5.41) is 2.71. The summed E-state index contributed by atoms with van der Waals surface area (Å²) in [5.41, 5.74) is 0.753. The van der Waals surface area contributed by atoms with Gasteiger partial charge in [0, 0.05) is 19.2 Å². The van der Waals surface area contributed by atoms with Crippen molar-refractivity contribution in [2.75, 3.05) is 51.6 Å². The SMILES string of the molecule is CCCCCCOCCOCCOCCOc1ccc(NC(C)=O)cc1. The number of hydrogen-bond acceptors (Lipinski definition) is 5. The van der Waals surface area contributed by atoms with E-state index in [-0.39, 0.29) is 5.91 Å². The average Bonchev–Trinajstić information content (AvgIpc) is 2.63. The molecule has 0 radical (unpaired) electrons. The van der Waals surface area contributed by atoms with E-state index in [0.29, 0.717) is 39.6 Å². The van der Waals surface area contributed by atoms with E-state index in [9.17, 15) is 4.79 Å². The molecule has 1 rings (SSSR count). The molecule has 0 aliphatic heterocycles. The molecule has 0 atom stereocenters. The van der Waals surface area contributed by atoms with Gasteiger partial charge in [0.05, 0.1) is 33.0 Å². The quantitative estimate of drug-likeness (QED) is 0.452. The third kappa shape index (κ3) is 12.7. The summed E-state index contributed by atoms with van der Waals surface area (Å²) in [6.45, 7) is 7.83. The molecule has 6 heteroatoms. The highest BCUT2D eigenvalue weighted by atomic mass is 16.6. The van der Waals surface area contributed by atoms with Crippen LogP contribution in [-0.4, -0.2) is 52.2 Å². The number of ether oxygens (including phenoxy) is 4. The molecule has 1 aromatic rings. The Morgan fingerprint density at radius 2 is 1.38 bits per heavy atom. The summed E-state index contributed by atoms with van der Waals surface area (Å²) in [6.07, 6.45) is 4.90. The molecular weight excluding hydrogens is 334 g/mol. The Labute approximate surface area is 157 Å². The van der Waals surface area contributed by atoms with Gasteiger partial charge in [-0.3, -0.25) is 4.79 Å². The van der Waals surface area contributed by atoms with E-state index in [0.717, 1.165) is 24.5 Å². The molecule has 0 spiro atoms. The smallest absolute Gasteiger partial charge is 0.221 e. The molecule has 0 fully saturated rings. The molecule has 0 bridgehead atoms. The van der Waals surface area contributed by atoms with Crippen LogP contribution in [-0.2, 0) is 19.0 Å². The third-order valence-electron chi connectivity index (χ3n) is 3.56. The minimum atomic E-state index is -0.0900. The van der Waals surface area contributed by atoms with E-state index in [2.05, 4.69) is 12.2 Å². The number of unbranched alkanes of at least 4 members (excludes halogenated alkanes) is 3. The van der Waals surface area contributed by atoms with Gasteiger partial charge in [-0.2, -0.15) is 0 Å². The van der Waals surface area contributed by atoms with Crippen LogP contribution in [0.4, 0.5) is 5.69 Å². The number of amides is 1. The van der Waals surface area contributed by atoms with Crippen LogP contribution in [0.2, 0.25) is 0 Å². The van der Waals surface area contributed by atoms with Crippen molar-refractivity contribution in [2.45, 2.75) is 39.5 Å². The molecule has 0 heterocycles. The second kappa shape index (κ2) is 15.6. The second-order valence-corrected chi connectivity index (χ2v) is 5.95. The van der Waals surface area contributed by atoms with Crippen LogP contribution >= 0.6 is 0 Å². The Kier molecular flexibility index (Phi) is 13.5. The molecule has 0 saturated heterocycles. The molecule has 0 unspecified atom stereocenters. The van der Waals surface area contributed by atoms with Crippen molar-refractivity contribution in [1.82, 2.24) is 0 Å². The van der Waals surface area contributed by atoms with Gasteiger partial charge in [-0.1, -0.05) is 26.2 Å². The van der Waals surface area contributed by atoms with Gasteiger partial charge in [-0.25, -0.2) is 0 Å². The first-order chi connectivity index (χ1) is 12.7. The lowest BCUT2D eigenvalue weighted by atomic mass is 10.2. The largest absolute Gasteiger partial charge is 0.491 e. The van der Waals surface area contributed by atoms with Crippen LogP contribution in [0.5, 0.6) is 5.75 Å². The van der Waals surface area contributed by atoms with E-state index in [1.165, 1.54) is 26.2 Å². The summed E-state index contributed by atoms with van der Waals surface area (Å²) in [5.74, 6) is 0.655. The normalized spacial score (nSPS) is 10.7. The van der Waals surface area contributed by atoms with Crippen LogP contribution in [0.1, 0.15) is 39.5 Å². The monoisotopic (exact) mass is 367 g/mol. The lowest BCUT2D eigenvalue weighted by molar-refractivity contribution is -0.114. The Balaban J connectivity index is 1.87. The highest BCUT2D eigenvalue weighted by Gasteiger charge is 1.98. The minimum Gasteiger partial charge on any atom is -0.491 e. The lowest BCUT2D eigenvalue weighted by Crippen LogP contribution is -2.13. The molecule has 1 aromatic carbocycles. The highest BCUT2D eigenvalue weighted by Crippen LogP contribution is 2.15. The predicted octanol–water partition coefficient (Wildman–Crippen LogP) is 3.65. The number of benzene rings is 1. The van der Waals surface area contributed by atoms with Crippen molar-refractivity contribution < 1.29 is 23.7 Å². The van der Waals surface area contributed by atoms with Crippen molar-refractivity contribution in [3.8, 4) is 5.75 Å². The number of anilines is 1. The fourth-order valence-electron chi connectivity index (χ4n) is 2.23. The molecule has 26 heavy (non-hydrogen) atoms. The Morgan fingerprint density at radius 3 is 1.96 bits per heavy atom. The summed E-state index contributed by atoms with van der Waals surface area (Å²) >= 11 is 0. The molecule has 0 aromatic heterocycles. The maximum atomic E-state index is 10.9. The molecule has 0 aliphatic rings. The number of hydrogen-bond donors (Lipinski definition) is 1. The van der Waals surface area contributed by atoms with Gasteiger partial charge in [-0.05, 0) is 30.7 Å². The molecule has 0 aliphatic carbocycles. The molecular formula is C20H33NO5. The fraction of sp³-hybridized carbons (Fsp3) is 0.650. The van der Waals surface area contributed by atoms with Crippen molar-refractivity contribution in [2.24, 2.45) is 0 Å². The maximum absolute atomic E-state index is 10.9. The first kappa shape index (κ1) is 22.4. The average molecular weight is 367 g/mol. The second-order valence-electron chi connectivity index (χ2n) is 5.95. The highest BCUT2D eigenvalue weighted by molar-refractivity contribution is 5.88. The van der Waals surface area contributed by atoms with Crippen molar-refractivity contribution >= 4 is 11.6 Å². The van der Waals surface area contributed by atoms with Gasteiger partial charge < -0.3 is 24.3 Å². The topological polar surface area (TPSA) is 66.0 Å². The fourth-order valence-corrected chi connectivity index (χ4v) is 2.23. The van der Waals surface area contributed by atoms with E-state index >= 15 is 0 Å². The van der Waals surface area contributed by atoms with Crippen LogP contribution in [0, 0.1) is 0 Å². The van der Waals surface area contributed by atoms with Crippen molar-refractivity contribution in [3.05, 3.63) is 24.3 Å². The number of carbonyl (C=O) groups excluding carboxylic acids is 1. The number of nitrogens with one attached hydrogen (secondary N) is 1. The van der Waals surface area contributed by atoms with Gasteiger partial charge in [0.15, 0.2) is 0 Å². The van der Waals surface area contributed by atoms with Crippen molar-refractivity contribution in [1.29, 1.82) is 0 Å². The van der Waals surface area contributed by atoms with Gasteiger partial charge in [0.25, 0.3) is 0 Å².